The van der Waals surface area contributed by atoms with E-state index in [1.807, 2.05) is 0 Å². The highest BCUT2D eigenvalue weighted by atomic mass is 19.1. The summed E-state index contributed by atoms with van der Waals surface area (Å²) in [6, 6.07) is 9.18. The number of carboxylic acids is 1. The number of rotatable bonds is 2. The van der Waals surface area contributed by atoms with Gasteiger partial charge in [-0.15, -0.1) is 0 Å². The van der Waals surface area contributed by atoms with Gasteiger partial charge in [-0.05, 0) is 35.9 Å². The molecule has 0 heterocycles. The van der Waals surface area contributed by atoms with Crippen LogP contribution in [0, 0.1) is 17.1 Å². The number of phenols is 1. The van der Waals surface area contributed by atoms with Crippen molar-refractivity contribution >= 4 is 5.97 Å². The van der Waals surface area contributed by atoms with Gasteiger partial charge in [0.05, 0.1) is 11.1 Å². The van der Waals surface area contributed by atoms with E-state index in [2.05, 4.69) is 0 Å². The van der Waals surface area contributed by atoms with Crippen molar-refractivity contribution in [2.24, 2.45) is 0 Å². The molecule has 0 aliphatic carbocycles. The molecule has 0 spiro atoms. The molecule has 0 unspecified atom stereocenters. The van der Waals surface area contributed by atoms with E-state index in [4.69, 9.17) is 10.4 Å². The minimum atomic E-state index is -1.17. The Kier molecular flexibility index (Phi) is 3.17. The van der Waals surface area contributed by atoms with Crippen LogP contribution in [0.1, 0.15) is 15.9 Å². The first kappa shape index (κ1) is 12.6. The molecule has 0 amide bonds. The molecule has 2 rings (SSSR count). The van der Waals surface area contributed by atoms with Crippen LogP contribution in [0.25, 0.3) is 11.1 Å². The Morgan fingerprint density at radius 1 is 1.21 bits per heavy atom. The normalized spacial score (nSPS) is 9.89. The van der Waals surface area contributed by atoms with Gasteiger partial charge in [0.25, 0.3) is 0 Å². The van der Waals surface area contributed by atoms with Gasteiger partial charge in [-0.2, -0.15) is 5.26 Å². The third-order valence-electron chi connectivity index (χ3n) is 2.64. The highest BCUT2D eigenvalue weighted by Gasteiger charge is 2.11. The Morgan fingerprint density at radius 2 is 1.95 bits per heavy atom. The second-order valence-corrected chi connectivity index (χ2v) is 3.84. The largest absolute Gasteiger partial charge is 0.507 e. The zero-order valence-corrected chi connectivity index (χ0v) is 9.59. The van der Waals surface area contributed by atoms with Gasteiger partial charge in [-0.3, -0.25) is 0 Å². The fourth-order valence-electron chi connectivity index (χ4n) is 1.67. The van der Waals surface area contributed by atoms with E-state index in [0.29, 0.717) is 5.56 Å². The number of halogens is 1. The molecule has 0 saturated heterocycles. The number of hydrogen-bond donors (Lipinski definition) is 2. The zero-order chi connectivity index (χ0) is 14.0. The van der Waals surface area contributed by atoms with Crippen LogP contribution in [0.15, 0.2) is 36.4 Å². The summed E-state index contributed by atoms with van der Waals surface area (Å²) in [5, 5.41) is 27.1. The Bertz CT molecular complexity index is 704. The number of nitriles is 1. The van der Waals surface area contributed by atoms with E-state index >= 15 is 0 Å². The fraction of sp³-hybridized carbons (Fsp3) is 0. The summed E-state index contributed by atoms with van der Waals surface area (Å²) in [4.78, 5) is 10.8. The molecule has 0 aliphatic heterocycles. The number of aromatic carboxylic acids is 1. The monoisotopic (exact) mass is 257 g/mol. The molecule has 0 fully saturated rings. The zero-order valence-electron chi connectivity index (χ0n) is 9.59. The quantitative estimate of drug-likeness (QED) is 0.866. The van der Waals surface area contributed by atoms with E-state index < -0.39 is 11.8 Å². The van der Waals surface area contributed by atoms with Gasteiger partial charge in [0.1, 0.15) is 17.6 Å². The Morgan fingerprint density at radius 3 is 2.53 bits per heavy atom. The predicted molar refractivity (Wildman–Crippen MR) is 65.2 cm³/mol. The molecule has 0 atom stereocenters. The lowest BCUT2D eigenvalue weighted by Gasteiger charge is -2.06. The summed E-state index contributed by atoms with van der Waals surface area (Å²) in [6.45, 7) is 0. The Hall–Kier alpha value is -2.87. The summed E-state index contributed by atoms with van der Waals surface area (Å²) < 4.78 is 13.7. The molecule has 0 saturated carbocycles. The summed E-state index contributed by atoms with van der Waals surface area (Å²) in [5.41, 5.74) is 0.371. The number of carbonyl (C=O) groups is 1. The first-order valence-corrected chi connectivity index (χ1v) is 5.29. The Labute approximate surface area is 108 Å². The van der Waals surface area contributed by atoms with Crippen molar-refractivity contribution < 1.29 is 19.4 Å². The smallest absolute Gasteiger partial charge is 0.335 e. The van der Waals surface area contributed by atoms with Gasteiger partial charge in [-0.25, -0.2) is 9.18 Å². The summed E-state index contributed by atoms with van der Waals surface area (Å²) in [6.07, 6.45) is 0. The minimum Gasteiger partial charge on any atom is -0.507 e. The lowest BCUT2D eigenvalue weighted by atomic mass is 10.0. The predicted octanol–water partition coefficient (Wildman–Crippen LogP) is 2.77. The summed E-state index contributed by atoms with van der Waals surface area (Å²) >= 11 is 0. The molecule has 0 aromatic heterocycles. The number of aromatic hydroxyl groups is 1. The van der Waals surface area contributed by atoms with Crippen LogP contribution >= 0.6 is 0 Å². The van der Waals surface area contributed by atoms with Crippen LogP contribution in [0.2, 0.25) is 0 Å². The third kappa shape index (κ3) is 2.38. The SMILES string of the molecule is N#Cc1ccc(-c2cc(C(=O)O)ccc2F)cc1O. The summed E-state index contributed by atoms with van der Waals surface area (Å²) in [7, 11) is 0. The van der Waals surface area contributed by atoms with E-state index in [9.17, 15) is 14.3 Å². The molecule has 0 bridgehead atoms. The van der Waals surface area contributed by atoms with Crippen molar-refractivity contribution in [1.29, 1.82) is 5.26 Å². The van der Waals surface area contributed by atoms with Gasteiger partial charge >= 0.3 is 5.97 Å². The maximum Gasteiger partial charge on any atom is 0.335 e. The second kappa shape index (κ2) is 4.78. The average molecular weight is 257 g/mol. The molecule has 19 heavy (non-hydrogen) atoms. The Balaban J connectivity index is 2.58. The van der Waals surface area contributed by atoms with Crippen molar-refractivity contribution in [3.8, 4) is 22.9 Å². The minimum absolute atomic E-state index is 0.0553. The van der Waals surface area contributed by atoms with Gasteiger partial charge in [0.15, 0.2) is 0 Å². The highest BCUT2D eigenvalue weighted by molar-refractivity contribution is 5.89. The van der Waals surface area contributed by atoms with Crippen molar-refractivity contribution in [1.82, 2.24) is 0 Å². The maximum atomic E-state index is 13.7. The first-order chi connectivity index (χ1) is 9.02. The van der Waals surface area contributed by atoms with Crippen molar-refractivity contribution in [3.63, 3.8) is 0 Å². The number of benzene rings is 2. The molecule has 94 valence electrons. The number of carboxylic acid groups (broad SMARTS) is 1. The van der Waals surface area contributed by atoms with Gasteiger partial charge in [-0.1, -0.05) is 6.07 Å². The van der Waals surface area contributed by atoms with Gasteiger partial charge in [0.2, 0.25) is 0 Å². The van der Waals surface area contributed by atoms with Crippen LogP contribution in [-0.4, -0.2) is 16.2 Å². The molecule has 5 heteroatoms. The van der Waals surface area contributed by atoms with Crippen LogP contribution in [0.4, 0.5) is 4.39 Å². The van der Waals surface area contributed by atoms with Gasteiger partial charge < -0.3 is 10.2 Å². The van der Waals surface area contributed by atoms with Gasteiger partial charge in [0, 0.05) is 5.56 Å². The number of phenolic OH excluding ortho intramolecular Hbond substituents is 1. The fourth-order valence-corrected chi connectivity index (χ4v) is 1.67. The maximum absolute atomic E-state index is 13.7. The average Bonchev–Trinajstić information content (AvgIpc) is 2.38. The highest BCUT2D eigenvalue weighted by Crippen LogP contribution is 2.28. The van der Waals surface area contributed by atoms with E-state index in [-0.39, 0.29) is 22.4 Å². The van der Waals surface area contributed by atoms with E-state index in [0.717, 1.165) is 12.1 Å². The molecule has 2 aromatic carbocycles. The van der Waals surface area contributed by atoms with Crippen molar-refractivity contribution in [2.45, 2.75) is 0 Å². The molecular formula is C14H8FNO3. The van der Waals surface area contributed by atoms with E-state index in [1.165, 1.54) is 24.3 Å². The van der Waals surface area contributed by atoms with Crippen LogP contribution in [0.5, 0.6) is 5.75 Å². The number of nitrogens with zero attached hydrogens (tertiary/aromatic N) is 1. The second-order valence-electron chi connectivity index (χ2n) is 3.84. The molecule has 0 radical (unpaired) electrons. The topological polar surface area (TPSA) is 81.3 Å². The molecule has 2 aromatic rings. The number of hydrogen-bond acceptors (Lipinski definition) is 3. The molecule has 4 nitrogen and oxygen atoms in total. The van der Waals surface area contributed by atoms with Crippen molar-refractivity contribution in [3.05, 3.63) is 53.3 Å². The first-order valence-electron chi connectivity index (χ1n) is 5.29. The molecule has 2 N–H and O–H groups in total. The van der Waals surface area contributed by atoms with Crippen molar-refractivity contribution in [2.75, 3.05) is 0 Å². The lowest BCUT2D eigenvalue weighted by molar-refractivity contribution is 0.0697. The van der Waals surface area contributed by atoms with E-state index in [1.54, 1.807) is 6.07 Å². The third-order valence-corrected chi connectivity index (χ3v) is 2.64. The lowest BCUT2D eigenvalue weighted by Crippen LogP contribution is -1.97. The molecule has 0 aliphatic rings. The summed E-state index contributed by atoms with van der Waals surface area (Å²) in [5.74, 6) is -2.05. The van der Waals surface area contributed by atoms with Crippen LogP contribution in [0.3, 0.4) is 0 Å². The van der Waals surface area contributed by atoms with Crippen LogP contribution in [-0.2, 0) is 0 Å². The standard InChI is InChI=1S/C14H8FNO3/c15-12-4-3-9(14(18)19)5-11(12)8-1-2-10(7-16)13(17)6-8/h1-6,17H,(H,18,19). The van der Waals surface area contributed by atoms with Crippen LogP contribution < -0.4 is 0 Å². The molecular weight excluding hydrogens is 249 g/mol.